The molecule has 0 saturated carbocycles. The maximum atomic E-state index is 13.3. The van der Waals surface area contributed by atoms with E-state index in [1.54, 1.807) is 0 Å². The van der Waals surface area contributed by atoms with Gasteiger partial charge in [-0.15, -0.1) is 5.52 Å². The molecule has 0 spiro atoms. The van der Waals surface area contributed by atoms with Crippen LogP contribution in [0.15, 0.2) is 30.1 Å². The van der Waals surface area contributed by atoms with Crippen LogP contribution < -0.4 is 10.3 Å². The van der Waals surface area contributed by atoms with Crippen molar-refractivity contribution in [1.82, 2.24) is 10.3 Å². The van der Waals surface area contributed by atoms with E-state index >= 15 is 0 Å². The van der Waals surface area contributed by atoms with Gasteiger partial charge in [-0.25, -0.2) is 4.39 Å². The van der Waals surface area contributed by atoms with Gasteiger partial charge in [0.15, 0.2) is 0 Å². The molecular formula is C14H12F4N2ORe-2. The second kappa shape index (κ2) is 6.31. The average Bonchev–Trinajstić information content (AvgIpc) is 2.91. The fraction of sp³-hybridized carbons (Fsp3) is 0.214. The molecule has 2 heterocycles. The molecule has 3 rings (SSSR count). The summed E-state index contributed by atoms with van der Waals surface area (Å²) in [6.07, 6.45) is -5.23. The molecule has 3 nitrogen and oxygen atoms in total. The molecule has 0 aliphatic carbocycles. The molecule has 1 aromatic carbocycles. The van der Waals surface area contributed by atoms with Crippen LogP contribution in [0, 0.1) is 13.2 Å². The molecule has 1 radical (unpaired) electrons. The van der Waals surface area contributed by atoms with Crippen molar-refractivity contribution in [2.45, 2.75) is 19.3 Å². The summed E-state index contributed by atoms with van der Waals surface area (Å²) in [5, 5.41) is 2.64. The normalized spacial score (nSPS) is 17.6. The quantitative estimate of drug-likeness (QED) is 0.495. The number of halogens is 4. The van der Waals surface area contributed by atoms with Crippen molar-refractivity contribution in [2.75, 3.05) is 0 Å². The van der Waals surface area contributed by atoms with Gasteiger partial charge in [-0.05, 0) is 24.4 Å². The van der Waals surface area contributed by atoms with Crippen LogP contribution in [0.25, 0.3) is 16.7 Å². The van der Waals surface area contributed by atoms with E-state index in [0.29, 0.717) is 16.5 Å². The third-order valence-electron chi connectivity index (χ3n) is 3.05. The van der Waals surface area contributed by atoms with Crippen LogP contribution in [-0.2, 0) is 25.2 Å². The number of aromatic nitrogens is 1. The van der Waals surface area contributed by atoms with Gasteiger partial charge in [0, 0.05) is 26.0 Å². The van der Waals surface area contributed by atoms with Gasteiger partial charge in [0.1, 0.15) is 11.6 Å². The van der Waals surface area contributed by atoms with Crippen molar-refractivity contribution in [2.24, 2.45) is 0 Å². The number of allylic oxidation sites excluding steroid dienone is 1. The van der Waals surface area contributed by atoms with E-state index in [1.807, 2.05) is 0 Å². The van der Waals surface area contributed by atoms with Crippen molar-refractivity contribution in [3.63, 3.8) is 0 Å². The Morgan fingerprint density at radius 2 is 1.95 bits per heavy atom. The van der Waals surface area contributed by atoms with Crippen LogP contribution in [0.3, 0.4) is 0 Å². The molecule has 0 bridgehead atoms. The molecule has 0 amide bonds. The van der Waals surface area contributed by atoms with Crippen molar-refractivity contribution >= 4 is 16.7 Å². The molecule has 22 heavy (non-hydrogen) atoms. The topological polar surface area (TPSA) is 35.4 Å². The van der Waals surface area contributed by atoms with Gasteiger partial charge in [0.2, 0.25) is 0 Å². The summed E-state index contributed by atoms with van der Waals surface area (Å²) in [6, 6.07) is 3.93. The molecule has 0 fully saturated rings. The fourth-order valence-electron chi connectivity index (χ4n) is 2.13. The maximum absolute atomic E-state index is 13.3. The Kier molecular flexibility index (Phi) is 5.31. The molecule has 8 heteroatoms. The van der Waals surface area contributed by atoms with Gasteiger partial charge in [0.05, 0.1) is 5.70 Å². The molecule has 1 atom stereocenters. The average molecular weight is 486 g/mol. The van der Waals surface area contributed by atoms with Crippen molar-refractivity contribution < 1.29 is 42.7 Å². The van der Waals surface area contributed by atoms with Crippen molar-refractivity contribution in [3.05, 3.63) is 48.9 Å². The summed E-state index contributed by atoms with van der Waals surface area (Å²) in [7, 11) is 0. The minimum Gasteiger partial charge on any atom is -0.663 e. The number of rotatable bonds is 1. The van der Waals surface area contributed by atoms with E-state index in [2.05, 4.69) is 10.3 Å². The van der Waals surface area contributed by atoms with Gasteiger partial charge in [-0.1, -0.05) is 6.07 Å². The van der Waals surface area contributed by atoms with Crippen LogP contribution in [0.2, 0.25) is 0 Å². The molecule has 0 saturated heterocycles. The summed E-state index contributed by atoms with van der Waals surface area (Å²) in [5.74, 6) is -0.441. The Hall–Kier alpha value is -1.52. The number of nitrogens with one attached hydrogen (secondary N) is 1. The smallest absolute Gasteiger partial charge is 0.445 e. The van der Waals surface area contributed by atoms with Crippen LogP contribution in [0.1, 0.15) is 12.5 Å². The Labute approximate surface area is 138 Å². The van der Waals surface area contributed by atoms with Crippen LogP contribution >= 0.6 is 0 Å². The second-order valence-electron chi connectivity index (χ2n) is 4.47. The standard InChI is InChI=1S/C13H9F4N2O.CH3.Re/c1-6-11(20-12(19-6)13(15,16)17)9-5-18-10-3-2-7(14)4-8(9)10;;/h2-5,12,19H,1H3;1H3;/q2*-1;. The number of hydrogen-bond donors (Lipinski definition) is 1. The zero-order valence-electron chi connectivity index (χ0n) is 11.6. The van der Waals surface area contributed by atoms with Crippen molar-refractivity contribution in [1.29, 1.82) is 0 Å². The van der Waals surface area contributed by atoms with E-state index in [0.717, 1.165) is 0 Å². The van der Waals surface area contributed by atoms with Crippen molar-refractivity contribution in [3.8, 4) is 0 Å². The Balaban J connectivity index is 0.00000121. The van der Waals surface area contributed by atoms with Gasteiger partial charge < -0.3 is 22.5 Å². The van der Waals surface area contributed by atoms with E-state index in [-0.39, 0.29) is 39.3 Å². The summed E-state index contributed by atoms with van der Waals surface area (Å²) in [4.78, 5) is 4.04. The number of hydrogen-bond acceptors (Lipinski definition) is 2. The van der Waals surface area contributed by atoms with Gasteiger partial charge in [-0.3, -0.25) is 0 Å². The molecule has 1 N–H and O–H groups in total. The van der Waals surface area contributed by atoms with Gasteiger partial charge >= 0.3 is 6.18 Å². The third-order valence-corrected chi connectivity index (χ3v) is 3.05. The van der Waals surface area contributed by atoms with Crippen LogP contribution in [0.5, 0.6) is 0 Å². The molecular weight excluding hydrogens is 474 g/mol. The van der Waals surface area contributed by atoms with Gasteiger partial charge in [0.25, 0.3) is 6.23 Å². The first kappa shape index (κ1) is 18.5. The maximum Gasteiger partial charge on any atom is 0.445 e. The summed E-state index contributed by atoms with van der Waals surface area (Å²) >= 11 is 0. The fourth-order valence-corrected chi connectivity index (χ4v) is 2.13. The molecule has 2 aromatic rings. The minimum absolute atomic E-state index is 0. The minimum atomic E-state index is -4.52. The van der Waals surface area contributed by atoms with E-state index < -0.39 is 18.2 Å². The number of ether oxygens (including phenoxy) is 1. The molecule has 121 valence electrons. The number of alkyl halides is 3. The molecule has 1 aromatic heterocycles. The van der Waals surface area contributed by atoms with Gasteiger partial charge in [-0.2, -0.15) is 19.4 Å². The SMILES string of the molecule is CC1=C(c2c[n-]c3ccc(F)cc23)OC(C(F)(F)F)N1.[CH3-].[Re]. The first-order valence-corrected chi connectivity index (χ1v) is 5.78. The summed E-state index contributed by atoms with van der Waals surface area (Å²) in [5.41, 5.74) is 1.09. The largest absolute Gasteiger partial charge is 0.663 e. The number of fused-ring (bicyclic) bond motifs is 1. The molecule has 1 aliphatic heterocycles. The zero-order chi connectivity index (χ0) is 14.5. The van der Waals surface area contributed by atoms with Crippen LogP contribution in [-0.4, -0.2) is 12.4 Å². The van der Waals surface area contributed by atoms with E-state index in [1.165, 1.54) is 31.3 Å². The first-order chi connectivity index (χ1) is 9.36. The van der Waals surface area contributed by atoms with Crippen LogP contribution in [0.4, 0.5) is 17.6 Å². The molecule has 1 aliphatic rings. The Morgan fingerprint density at radius 3 is 2.55 bits per heavy atom. The third kappa shape index (κ3) is 3.13. The van der Waals surface area contributed by atoms with E-state index in [9.17, 15) is 17.6 Å². The summed E-state index contributed by atoms with van der Waals surface area (Å²) in [6.45, 7) is 1.47. The first-order valence-electron chi connectivity index (χ1n) is 5.78. The zero-order valence-corrected chi connectivity index (χ0v) is 14.3. The Morgan fingerprint density at radius 1 is 1.27 bits per heavy atom. The monoisotopic (exact) mass is 487 g/mol. The van der Waals surface area contributed by atoms with E-state index in [4.69, 9.17) is 4.74 Å². The summed E-state index contributed by atoms with van der Waals surface area (Å²) < 4.78 is 56.1. The predicted octanol–water partition coefficient (Wildman–Crippen LogP) is 3.58. The number of benzene rings is 1. The Bertz CT molecular complexity index is 708. The molecule has 1 unspecified atom stereocenters. The predicted molar refractivity (Wildman–Crippen MR) is 70.3 cm³/mol. The second-order valence-corrected chi connectivity index (χ2v) is 4.47. The number of nitrogens with zero attached hydrogens (tertiary/aromatic N) is 1.